The van der Waals surface area contributed by atoms with Gasteiger partial charge in [0, 0.05) is 0 Å². The lowest BCUT2D eigenvalue weighted by atomic mass is 10.1. The van der Waals surface area contributed by atoms with Crippen molar-refractivity contribution >= 4 is 7.82 Å². The van der Waals surface area contributed by atoms with E-state index in [1.54, 1.807) is 0 Å². The van der Waals surface area contributed by atoms with E-state index < -0.39 is 7.82 Å². The molecule has 0 amide bonds. The quantitative estimate of drug-likeness (QED) is 0.105. The van der Waals surface area contributed by atoms with Crippen molar-refractivity contribution in [1.82, 2.24) is 0 Å². The van der Waals surface area contributed by atoms with E-state index in [1.807, 2.05) is 0 Å². The zero-order valence-corrected chi connectivity index (χ0v) is 18.8. The number of rotatable bonds is 18. The third kappa shape index (κ3) is 33.3. The first-order chi connectivity index (χ1) is 13.3. The molecule has 1 atom stereocenters. The highest BCUT2D eigenvalue weighted by atomic mass is 31.2. The summed E-state index contributed by atoms with van der Waals surface area (Å²) in [5.41, 5.74) is 0. The molecular weight excluding hydrogens is 381 g/mol. The van der Waals surface area contributed by atoms with Gasteiger partial charge in [0.1, 0.15) is 0 Å². The van der Waals surface area contributed by atoms with Crippen LogP contribution in [0.25, 0.3) is 0 Å². The number of phosphoric acid groups is 1. The maximum absolute atomic E-state index is 8.88. The van der Waals surface area contributed by atoms with Crippen molar-refractivity contribution < 1.29 is 28.8 Å². The smallest absolute Gasteiger partial charge is 0.376 e. The summed E-state index contributed by atoms with van der Waals surface area (Å²) in [6, 6.07) is 0. The minimum Gasteiger partial charge on any atom is -0.376 e. The molecular formula is C20H44NO6P. The second-order valence-corrected chi connectivity index (χ2v) is 8.00. The van der Waals surface area contributed by atoms with E-state index in [-0.39, 0.29) is 0 Å². The average molecular weight is 426 g/mol. The van der Waals surface area contributed by atoms with Crippen LogP contribution in [0.15, 0.2) is 12.2 Å². The van der Waals surface area contributed by atoms with Gasteiger partial charge in [0.15, 0.2) is 0 Å². The number of unbranched alkanes of at least 4 members (excludes halogenated alkanes) is 8. The summed E-state index contributed by atoms with van der Waals surface area (Å²) in [5.74, 6) is 5.02. The number of nitrogens with two attached hydrogens (primary N) is 1. The van der Waals surface area contributed by atoms with Gasteiger partial charge in [-0.3, -0.25) is 0 Å². The minimum absolute atomic E-state index is 0.377. The van der Waals surface area contributed by atoms with Crippen molar-refractivity contribution in [2.75, 3.05) is 13.2 Å². The molecule has 0 aromatic heterocycles. The predicted octanol–water partition coefficient (Wildman–Crippen LogP) is 5.00. The molecule has 0 saturated heterocycles. The summed E-state index contributed by atoms with van der Waals surface area (Å²) < 4.78 is 14.7. The van der Waals surface area contributed by atoms with Gasteiger partial charge in [-0.25, -0.2) is 10.5 Å². The zero-order chi connectivity index (χ0) is 21.5. The van der Waals surface area contributed by atoms with Crippen LogP contribution in [0.4, 0.5) is 0 Å². The highest BCUT2D eigenvalue weighted by Gasteiger charge is 2.07. The summed E-state index contributed by atoms with van der Waals surface area (Å²) in [6.07, 6.45) is 21.9. The highest BCUT2D eigenvalue weighted by Crippen LogP contribution is 2.25. The number of ether oxygens (including phenoxy) is 1. The third-order valence-electron chi connectivity index (χ3n) is 4.20. The van der Waals surface area contributed by atoms with Gasteiger partial charge in [-0.1, -0.05) is 70.9 Å². The molecule has 0 bridgehead atoms. The molecule has 0 heterocycles. The van der Waals surface area contributed by atoms with Crippen molar-refractivity contribution in [1.29, 1.82) is 0 Å². The first-order valence-corrected chi connectivity index (χ1v) is 12.3. The molecule has 0 spiro atoms. The summed E-state index contributed by atoms with van der Waals surface area (Å²) >= 11 is 0. The molecule has 5 N–H and O–H groups in total. The molecule has 0 saturated carbocycles. The van der Waals surface area contributed by atoms with Crippen LogP contribution in [0.1, 0.15) is 97.3 Å². The SMILES string of the molecule is CCCCCCCC/C=C\CCCCC(CCC)OCCON.O=P(O)(O)O. The van der Waals surface area contributed by atoms with Gasteiger partial charge in [-0.15, -0.1) is 0 Å². The number of hydrogen-bond acceptors (Lipinski definition) is 4. The second kappa shape index (κ2) is 23.0. The molecule has 0 fully saturated rings. The molecule has 1 unspecified atom stereocenters. The maximum Gasteiger partial charge on any atom is 0.466 e. The van der Waals surface area contributed by atoms with Crippen LogP contribution in [0.5, 0.6) is 0 Å². The van der Waals surface area contributed by atoms with Crippen LogP contribution in [-0.2, 0) is 14.1 Å². The van der Waals surface area contributed by atoms with Gasteiger partial charge in [0.25, 0.3) is 0 Å². The molecule has 0 aliphatic rings. The van der Waals surface area contributed by atoms with Crippen molar-refractivity contribution in [2.24, 2.45) is 5.90 Å². The minimum atomic E-state index is -4.64. The van der Waals surface area contributed by atoms with Crippen molar-refractivity contribution in [2.45, 2.75) is 103 Å². The summed E-state index contributed by atoms with van der Waals surface area (Å²) in [7, 11) is -4.64. The van der Waals surface area contributed by atoms with Crippen molar-refractivity contribution in [3.05, 3.63) is 12.2 Å². The molecule has 0 rings (SSSR count). The van der Waals surface area contributed by atoms with Gasteiger partial charge in [-0.05, 0) is 38.5 Å². The lowest BCUT2D eigenvalue weighted by Crippen LogP contribution is -2.17. The van der Waals surface area contributed by atoms with Crippen LogP contribution in [0.2, 0.25) is 0 Å². The lowest BCUT2D eigenvalue weighted by molar-refractivity contribution is -0.00365. The molecule has 0 aromatic rings. The Bertz CT molecular complexity index is 367. The fourth-order valence-corrected chi connectivity index (χ4v) is 2.81. The Morgan fingerprint density at radius 2 is 1.36 bits per heavy atom. The number of allylic oxidation sites excluding steroid dienone is 2. The maximum atomic E-state index is 8.88. The van der Waals surface area contributed by atoms with Gasteiger partial charge < -0.3 is 24.3 Å². The molecule has 8 heteroatoms. The zero-order valence-electron chi connectivity index (χ0n) is 17.9. The fraction of sp³-hybridized carbons (Fsp3) is 0.900. The summed E-state index contributed by atoms with van der Waals surface area (Å²) in [6.45, 7) is 5.58. The Hall–Kier alpha value is -0.270. The van der Waals surface area contributed by atoms with Crippen molar-refractivity contribution in [3.8, 4) is 0 Å². The van der Waals surface area contributed by atoms with Crippen LogP contribution in [0, 0.1) is 0 Å². The molecule has 28 heavy (non-hydrogen) atoms. The normalized spacial score (nSPS) is 12.8. The van der Waals surface area contributed by atoms with Gasteiger partial charge >= 0.3 is 7.82 Å². The Labute approximate surface area is 171 Å². The van der Waals surface area contributed by atoms with Crippen LogP contribution >= 0.6 is 7.82 Å². The van der Waals surface area contributed by atoms with Crippen LogP contribution in [0.3, 0.4) is 0 Å². The standard InChI is InChI=1S/C20H41NO2.H3O4P/c1-3-5-6-7-8-9-10-11-12-13-14-15-17-20(16-4-2)22-18-19-23-21;1-5(2,3)4/h11-12,20H,3-10,13-19,21H2,1-2H3;(H3,1,2,3,4)/b12-11-;. The largest absolute Gasteiger partial charge is 0.466 e. The van der Waals surface area contributed by atoms with E-state index in [9.17, 15) is 0 Å². The van der Waals surface area contributed by atoms with Gasteiger partial charge in [-0.2, -0.15) is 0 Å². The average Bonchev–Trinajstić information content (AvgIpc) is 2.61. The Morgan fingerprint density at radius 3 is 1.89 bits per heavy atom. The molecule has 0 aliphatic heterocycles. The van der Waals surface area contributed by atoms with E-state index in [1.165, 1.54) is 70.6 Å². The van der Waals surface area contributed by atoms with E-state index in [0.29, 0.717) is 19.3 Å². The first-order valence-electron chi connectivity index (χ1n) is 10.7. The first kappa shape index (κ1) is 29.9. The monoisotopic (exact) mass is 425 g/mol. The third-order valence-corrected chi connectivity index (χ3v) is 4.20. The van der Waals surface area contributed by atoms with E-state index in [2.05, 4.69) is 30.8 Å². The van der Waals surface area contributed by atoms with Gasteiger partial charge in [0.2, 0.25) is 0 Å². The van der Waals surface area contributed by atoms with Gasteiger partial charge in [0.05, 0.1) is 19.3 Å². The van der Waals surface area contributed by atoms with E-state index in [0.717, 1.165) is 12.8 Å². The van der Waals surface area contributed by atoms with E-state index in [4.69, 9.17) is 29.9 Å². The molecule has 0 aliphatic carbocycles. The molecule has 0 radical (unpaired) electrons. The second-order valence-electron chi connectivity index (χ2n) is 6.98. The molecule has 7 nitrogen and oxygen atoms in total. The topological polar surface area (TPSA) is 122 Å². The molecule has 0 aromatic carbocycles. The highest BCUT2D eigenvalue weighted by molar-refractivity contribution is 7.45. The Morgan fingerprint density at radius 1 is 0.821 bits per heavy atom. The lowest BCUT2D eigenvalue weighted by Gasteiger charge is -2.16. The molecule has 170 valence electrons. The Balaban J connectivity index is 0. The van der Waals surface area contributed by atoms with Crippen LogP contribution in [-0.4, -0.2) is 34.0 Å². The van der Waals surface area contributed by atoms with Crippen LogP contribution < -0.4 is 5.90 Å². The summed E-state index contributed by atoms with van der Waals surface area (Å²) in [4.78, 5) is 26.1. The Kier molecular flexibility index (Phi) is 24.6. The van der Waals surface area contributed by atoms with Crippen molar-refractivity contribution in [3.63, 3.8) is 0 Å². The number of hydrogen-bond donors (Lipinski definition) is 4. The fourth-order valence-electron chi connectivity index (χ4n) is 2.81. The summed E-state index contributed by atoms with van der Waals surface area (Å²) in [5, 5.41) is 0. The predicted molar refractivity (Wildman–Crippen MR) is 115 cm³/mol. The van der Waals surface area contributed by atoms with E-state index >= 15 is 0 Å².